The number of benzene rings is 1. The summed E-state index contributed by atoms with van der Waals surface area (Å²) in [4.78, 5) is 4.88. The van der Waals surface area contributed by atoms with Gasteiger partial charge in [-0.05, 0) is 48.1 Å². The zero-order valence-corrected chi connectivity index (χ0v) is 17.0. The summed E-state index contributed by atoms with van der Waals surface area (Å²) < 4.78 is 30.3. The Morgan fingerprint density at radius 1 is 1.11 bits per heavy atom. The van der Waals surface area contributed by atoms with E-state index in [1.807, 2.05) is 25.1 Å². The van der Waals surface area contributed by atoms with Crippen LogP contribution in [0.5, 0.6) is 0 Å². The first-order valence-corrected chi connectivity index (χ1v) is 10.9. The average Bonchev–Trinajstić information content (AvgIpc) is 2.99. The smallest absolute Gasteiger partial charge is 0.240 e. The molecular formula is C21H27N3O2S. The van der Waals surface area contributed by atoms with Crippen molar-refractivity contribution in [3.63, 3.8) is 0 Å². The molecule has 0 atom stereocenters. The van der Waals surface area contributed by atoms with E-state index in [1.165, 1.54) is 0 Å². The van der Waals surface area contributed by atoms with E-state index in [2.05, 4.69) is 40.4 Å². The number of aryl methyl sites for hydroxylation is 1. The molecule has 2 heterocycles. The molecule has 0 bridgehead atoms. The van der Waals surface area contributed by atoms with Gasteiger partial charge >= 0.3 is 0 Å². The second-order valence-electron chi connectivity index (χ2n) is 7.18. The molecule has 5 nitrogen and oxygen atoms in total. The van der Waals surface area contributed by atoms with E-state index in [4.69, 9.17) is 0 Å². The van der Waals surface area contributed by atoms with E-state index in [0.717, 1.165) is 28.7 Å². The zero-order chi connectivity index (χ0) is 19.4. The lowest BCUT2D eigenvalue weighted by molar-refractivity contribution is 0.532. The number of nitrogens with zero attached hydrogens (tertiary/aromatic N) is 2. The minimum absolute atomic E-state index is 0.357. The standard InChI is InChI=1S/C21H27N3O2S/c1-4-17-8-5-6-10-20(17)27(25,26)23-13-11-18-15-24(14-16(2)3)21-19(18)9-7-12-22-21/h5-10,12,15-16,23H,4,11,13-14H2,1-3H3. The van der Waals surface area contributed by atoms with Gasteiger partial charge in [0.2, 0.25) is 10.0 Å². The van der Waals surface area contributed by atoms with Crippen LogP contribution in [-0.4, -0.2) is 24.5 Å². The molecule has 1 N–H and O–H groups in total. The van der Waals surface area contributed by atoms with Crippen molar-refractivity contribution in [1.82, 2.24) is 14.3 Å². The number of aromatic nitrogens is 2. The monoisotopic (exact) mass is 385 g/mol. The van der Waals surface area contributed by atoms with Crippen molar-refractivity contribution in [2.45, 2.75) is 45.1 Å². The highest BCUT2D eigenvalue weighted by molar-refractivity contribution is 7.89. The van der Waals surface area contributed by atoms with E-state index < -0.39 is 10.0 Å². The van der Waals surface area contributed by atoms with E-state index in [0.29, 0.717) is 30.2 Å². The van der Waals surface area contributed by atoms with Crippen molar-refractivity contribution in [2.24, 2.45) is 5.92 Å². The van der Waals surface area contributed by atoms with Crippen molar-refractivity contribution in [1.29, 1.82) is 0 Å². The molecule has 3 rings (SSSR count). The van der Waals surface area contributed by atoms with Crippen LogP contribution in [0.1, 0.15) is 31.9 Å². The Bertz CT molecular complexity index is 1020. The van der Waals surface area contributed by atoms with Crippen LogP contribution in [0, 0.1) is 5.92 Å². The maximum Gasteiger partial charge on any atom is 0.240 e. The van der Waals surface area contributed by atoms with Gasteiger partial charge in [-0.25, -0.2) is 18.1 Å². The molecule has 0 spiro atoms. The molecule has 3 aromatic rings. The summed E-state index contributed by atoms with van der Waals surface area (Å²) in [5.41, 5.74) is 2.91. The summed E-state index contributed by atoms with van der Waals surface area (Å²) in [6.45, 7) is 7.56. The number of sulfonamides is 1. The molecule has 6 heteroatoms. The lowest BCUT2D eigenvalue weighted by Gasteiger charge is -2.10. The molecule has 0 aliphatic rings. The van der Waals surface area contributed by atoms with Crippen molar-refractivity contribution in [2.75, 3.05) is 6.54 Å². The first-order chi connectivity index (χ1) is 12.9. The third kappa shape index (κ3) is 4.39. The van der Waals surface area contributed by atoms with Crippen LogP contribution < -0.4 is 4.72 Å². The number of hydrogen-bond donors (Lipinski definition) is 1. The van der Waals surface area contributed by atoms with Gasteiger partial charge in [0.1, 0.15) is 5.65 Å². The number of rotatable bonds is 8. The summed E-state index contributed by atoms with van der Waals surface area (Å²) >= 11 is 0. The number of fused-ring (bicyclic) bond motifs is 1. The summed E-state index contributed by atoms with van der Waals surface area (Å²) in [6.07, 6.45) is 5.21. The van der Waals surface area contributed by atoms with Crippen molar-refractivity contribution < 1.29 is 8.42 Å². The lowest BCUT2D eigenvalue weighted by Crippen LogP contribution is -2.26. The molecule has 0 aliphatic carbocycles. The Labute approximate surface area is 161 Å². The van der Waals surface area contributed by atoms with Crippen LogP contribution in [0.4, 0.5) is 0 Å². The molecule has 0 unspecified atom stereocenters. The van der Waals surface area contributed by atoms with Crippen LogP contribution in [0.15, 0.2) is 53.7 Å². The van der Waals surface area contributed by atoms with Gasteiger partial charge in [-0.1, -0.05) is 39.0 Å². The maximum absolute atomic E-state index is 12.7. The van der Waals surface area contributed by atoms with E-state index in [1.54, 1.807) is 18.3 Å². The molecule has 0 saturated carbocycles. The number of nitrogens with one attached hydrogen (secondary N) is 1. The fraction of sp³-hybridized carbons (Fsp3) is 0.381. The highest BCUT2D eigenvalue weighted by atomic mass is 32.2. The topological polar surface area (TPSA) is 64.0 Å². The van der Waals surface area contributed by atoms with E-state index >= 15 is 0 Å². The van der Waals surface area contributed by atoms with Gasteiger partial charge in [0.25, 0.3) is 0 Å². The van der Waals surface area contributed by atoms with Gasteiger partial charge in [0.05, 0.1) is 4.90 Å². The summed E-state index contributed by atoms with van der Waals surface area (Å²) in [7, 11) is -3.51. The summed E-state index contributed by atoms with van der Waals surface area (Å²) in [5.74, 6) is 0.513. The SMILES string of the molecule is CCc1ccccc1S(=O)(=O)NCCc1cn(CC(C)C)c2ncccc12. The molecule has 2 aromatic heterocycles. The number of hydrogen-bond acceptors (Lipinski definition) is 3. The van der Waals surface area contributed by atoms with Gasteiger partial charge in [-0.2, -0.15) is 0 Å². The fourth-order valence-electron chi connectivity index (χ4n) is 3.38. The van der Waals surface area contributed by atoms with Crippen molar-refractivity contribution in [3.8, 4) is 0 Å². The lowest BCUT2D eigenvalue weighted by atomic mass is 10.2. The Kier molecular flexibility index (Phi) is 5.97. The molecule has 144 valence electrons. The third-order valence-electron chi connectivity index (χ3n) is 4.61. The zero-order valence-electron chi connectivity index (χ0n) is 16.1. The van der Waals surface area contributed by atoms with Crippen molar-refractivity contribution in [3.05, 3.63) is 59.9 Å². The number of pyridine rings is 1. The van der Waals surface area contributed by atoms with Crippen molar-refractivity contribution >= 4 is 21.1 Å². The molecule has 27 heavy (non-hydrogen) atoms. The Morgan fingerprint density at radius 2 is 1.89 bits per heavy atom. The van der Waals surface area contributed by atoms with Crippen LogP contribution >= 0.6 is 0 Å². The van der Waals surface area contributed by atoms with Gasteiger partial charge in [-0.15, -0.1) is 0 Å². The molecule has 1 aromatic carbocycles. The van der Waals surface area contributed by atoms with Crippen LogP contribution in [-0.2, 0) is 29.4 Å². The predicted molar refractivity (Wildman–Crippen MR) is 109 cm³/mol. The molecular weight excluding hydrogens is 358 g/mol. The summed E-state index contributed by atoms with van der Waals surface area (Å²) in [5, 5.41) is 1.09. The van der Waals surface area contributed by atoms with Gasteiger partial charge in [-0.3, -0.25) is 0 Å². The normalized spacial score (nSPS) is 12.1. The average molecular weight is 386 g/mol. The molecule has 0 fully saturated rings. The second-order valence-corrected chi connectivity index (χ2v) is 8.92. The first-order valence-electron chi connectivity index (χ1n) is 9.42. The minimum Gasteiger partial charge on any atom is -0.332 e. The first kappa shape index (κ1) is 19.6. The highest BCUT2D eigenvalue weighted by Gasteiger charge is 2.17. The van der Waals surface area contributed by atoms with Crippen LogP contribution in [0.3, 0.4) is 0 Å². The molecule has 0 radical (unpaired) electrons. The molecule has 0 saturated heterocycles. The quantitative estimate of drug-likeness (QED) is 0.642. The second kappa shape index (κ2) is 8.23. The Hall–Kier alpha value is -2.18. The highest BCUT2D eigenvalue weighted by Crippen LogP contribution is 2.21. The van der Waals surface area contributed by atoms with Crippen LogP contribution in [0.2, 0.25) is 0 Å². The molecule has 0 amide bonds. The van der Waals surface area contributed by atoms with Gasteiger partial charge < -0.3 is 4.57 Å². The van der Waals surface area contributed by atoms with Gasteiger partial charge in [0, 0.05) is 30.9 Å². The Balaban J connectivity index is 1.77. The predicted octanol–water partition coefficient (Wildman–Crippen LogP) is 3.78. The Morgan fingerprint density at radius 3 is 2.63 bits per heavy atom. The maximum atomic E-state index is 12.7. The molecule has 0 aliphatic heterocycles. The van der Waals surface area contributed by atoms with Crippen LogP contribution in [0.25, 0.3) is 11.0 Å². The summed E-state index contributed by atoms with van der Waals surface area (Å²) in [6, 6.07) is 11.1. The largest absolute Gasteiger partial charge is 0.332 e. The van der Waals surface area contributed by atoms with E-state index in [9.17, 15) is 8.42 Å². The minimum atomic E-state index is -3.51. The third-order valence-corrected chi connectivity index (χ3v) is 6.17. The van der Waals surface area contributed by atoms with E-state index in [-0.39, 0.29) is 0 Å². The van der Waals surface area contributed by atoms with Gasteiger partial charge in [0.15, 0.2) is 0 Å². The fourth-order valence-corrected chi connectivity index (χ4v) is 4.72.